The molecule has 0 atom stereocenters. The summed E-state index contributed by atoms with van der Waals surface area (Å²) in [5.74, 6) is -1.14. The van der Waals surface area contributed by atoms with Crippen LogP contribution in [0, 0.1) is 5.41 Å². The highest BCUT2D eigenvalue weighted by atomic mass is 16.4. The van der Waals surface area contributed by atoms with Crippen LogP contribution in [-0.2, 0) is 9.59 Å². The van der Waals surface area contributed by atoms with E-state index in [2.05, 4.69) is 13.8 Å². The van der Waals surface area contributed by atoms with Crippen molar-refractivity contribution in [3.63, 3.8) is 0 Å². The summed E-state index contributed by atoms with van der Waals surface area (Å²) in [6.45, 7) is 8.99. The molecule has 108 valence electrons. The van der Waals surface area contributed by atoms with Gasteiger partial charge in [-0.15, -0.1) is 0 Å². The summed E-state index contributed by atoms with van der Waals surface area (Å²) in [7, 11) is 0. The summed E-state index contributed by atoms with van der Waals surface area (Å²) in [5.41, 5.74) is 0.872. The normalized spacial score (nSPS) is 19.9. The Morgan fingerprint density at radius 3 is 1.89 bits per heavy atom. The van der Waals surface area contributed by atoms with Crippen LogP contribution in [0.3, 0.4) is 0 Å². The van der Waals surface area contributed by atoms with E-state index in [-0.39, 0.29) is 11.5 Å². The molecule has 1 rings (SSSR count). The zero-order valence-electron chi connectivity index (χ0n) is 12.5. The van der Waals surface area contributed by atoms with Crippen molar-refractivity contribution in [2.24, 2.45) is 5.41 Å². The molecule has 0 bridgehead atoms. The maximum absolute atomic E-state index is 12.2. The molecule has 1 amide bonds. The summed E-state index contributed by atoms with van der Waals surface area (Å²) in [4.78, 5) is 24.9. The largest absolute Gasteiger partial charge is 0.478 e. The number of rotatable bonds is 4. The van der Waals surface area contributed by atoms with Crippen molar-refractivity contribution in [1.82, 2.24) is 4.90 Å². The van der Waals surface area contributed by atoms with Crippen LogP contribution < -0.4 is 0 Å². The fraction of sp³-hybridized carbons (Fsp3) is 0.733. The first-order chi connectivity index (χ1) is 8.87. The van der Waals surface area contributed by atoms with Crippen molar-refractivity contribution in [3.05, 3.63) is 11.1 Å². The van der Waals surface area contributed by atoms with Crippen LogP contribution in [0.1, 0.15) is 53.4 Å². The second-order valence-corrected chi connectivity index (χ2v) is 5.55. The van der Waals surface area contributed by atoms with Gasteiger partial charge in [-0.2, -0.15) is 0 Å². The minimum absolute atomic E-state index is 0.124. The number of hydrogen-bond acceptors (Lipinski definition) is 2. The number of aliphatic carboxylic acids is 1. The summed E-state index contributed by atoms with van der Waals surface area (Å²) < 4.78 is 0. The van der Waals surface area contributed by atoms with E-state index >= 15 is 0 Å². The van der Waals surface area contributed by atoms with Crippen LogP contribution in [0.5, 0.6) is 0 Å². The molecule has 19 heavy (non-hydrogen) atoms. The van der Waals surface area contributed by atoms with E-state index in [0.717, 1.165) is 38.8 Å². The van der Waals surface area contributed by atoms with E-state index in [0.29, 0.717) is 11.0 Å². The first kappa shape index (κ1) is 15.7. The lowest BCUT2D eigenvalue weighted by molar-refractivity contribution is -0.134. The van der Waals surface area contributed by atoms with Crippen molar-refractivity contribution >= 4 is 11.9 Å². The van der Waals surface area contributed by atoms with Crippen LogP contribution in [-0.4, -0.2) is 35.0 Å². The predicted octanol–water partition coefficient (Wildman–Crippen LogP) is 2.84. The highest BCUT2D eigenvalue weighted by Gasteiger charge is 2.33. The van der Waals surface area contributed by atoms with E-state index in [1.807, 2.05) is 0 Å². The first-order valence-corrected chi connectivity index (χ1v) is 7.07. The number of nitrogens with zero attached hydrogens (tertiary/aromatic N) is 1. The summed E-state index contributed by atoms with van der Waals surface area (Å²) in [6, 6.07) is 0. The molecule has 0 radical (unpaired) electrons. The van der Waals surface area contributed by atoms with Gasteiger partial charge in [0.25, 0.3) is 0 Å². The lowest BCUT2D eigenvalue weighted by Gasteiger charge is -2.41. The Morgan fingerprint density at radius 2 is 1.53 bits per heavy atom. The minimum atomic E-state index is -1.01. The molecule has 0 saturated carbocycles. The van der Waals surface area contributed by atoms with Crippen LogP contribution in [0.15, 0.2) is 11.1 Å². The Hall–Kier alpha value is -1.32. The Morgan fingerprint density at radius 1 is 1.05 bits per heavy atom. The fourth-order valence-corrected chi connectivity index (χ4v) is 2.70. The maximum Gasteiger partial charge on any atom is 0.331 e. The van der Waals surface area contributed by atoms with Gasteiger partial charge in [0.2, 0.25) is 5.91 Å². The molecule has 0 aromatic heterocycles. The van der Waals surface area contributed by atoms with E-state index in [4.69, 9.17) is 5.11 Å². The van der Waals surface area contributed by atoms with Gasteiger partial charge in [-0.05, 0) is 32.1 Å². The number of piperidine rings is 1. The third kappa shape index (κ3) is 3.37. The topological polar surface area (TPSA) is 57.6 Å². The fourth-order valence-electron chi connectivity index (χ4n) is 2.70. The molecule has 1 fully saturated rings. The number of carboxylic acids is 1. The number of hydrogen-bond donors (Lipinski definition) is 1. The maximum atomic E-state index is 12.2. The van der Waals surface area contributed by atoms with Gasteiger partial charge in [-0.3, -0.25) is 4.79 Å². The van der Waals surface area contributed by atoms with Gasteiger partial charge in [-0.25, -0.2) is 4.79 Å². The van der Waals surface area contributed by atoms with E-state index in [1.165, 1.54) is 6.92 Å². The van der Waals surface area contributed by atoms with Crippen molar-refractivity contribution in [3.8, 4) is 0 Å². The Balaban J connectivity index is 2.74. The van der Waals surface area contributed by atoms with Gasteiger partial charge >= 0.3 is 5.97 Å². The van der Waals surface area contributed by atoms with Gasteiger partial charge in [0.15, 0.2) is 0 Å². The number of likely N-dealkylation sites (tertiary alicyclic amines) is 1. The second kappa shape index (κ2) is 6.22. The monoisotopic (exact) mass is 267 g/mol. The van der Waals surface area contributed by atoms with Crippen LogP contribution in [0.2, 0.25) is 0 Å². The summed E-state index contributed by atoms with van der Waals surface area (Å²) in [6.07, 6.45) is 4.33. The Kier molecular flexibility index (Phi) is 5.15. The van der Waals surface area contributed by atoms with Gasteiger partial charge in [0.1, 0.15) is 0 Å². The molecule has 0 aromatic rings. The number of carbonyl (C=O) groups is 2. The summed E-state index contributed by atoms with van der Waals surface area (Å²) in [5, 5.41) is 8.93. The number of amides is 1. The van der Waals surface area contributed by atoms with E-state index < -0.39 is 5.97 Å². The smallest absolute Gasteiger partial charge is 0.331 e. The minimum Gasteiger partial charge on any atom is -0.478 e. The highest BCUT2D eigenvalue weighted by Crippen LogP contribution is 2.38. The van der Waals surface area contributed by atoms with Crippen LogP contribution >= 0.6 is 0 Å². The molecule has 1 aliphatic rings. The molecular formula is C15H25NO3. The standard InChI is InChI=1S/C15H25NO3/c1-5-15(6-2)7-9-16(10-8-15)13(17)11(3)12(4)14(18)19/h5-10H2,1-4H3,(H,18,19). The van der Waals surface area contributed by atoms with Crippen LogP contribution in [0.25, 0.3) is 0 Å². The lowest BCUT2D eigenvalue weighted by Crippen LogP contribution is -2.43. The SMILES string of the molecule is CCC1(CC)CCN(C(=O)C(C)=C(C)C(=O)O)CC1. The van der Waals surface area contributed by atoms with Crippen molar-refractivity contribution in [2.45, 2.75) is 53.4 Å². The molecule has 1 heterocycles. The van der Waals surface area contributed by atoms with Crippen molar-refractivity contribution < 1.29 is 14.7 Å². The average Bonchev–Trinajstić information content (AvgIpc) is 2.44. The number of carboxylic acid groups (broad SMARTS) is 1. The molecule has 4 nitrogen and oxygen atoms in total. The third-order valence-electron chi connectivity index (χ3n) is 4.82. The quantitative estimate of drug-likeness (QED) is 0.797. The highest BCUT2D eigenvalue weighted by molar-refractivity contribution is 6.01. The zero-order valence-corrected chi connectivity index (χ0v) is 12.5. The van der Waals surface area contributed by atoms with Crippen molar-refractivity contribution in [2.75, 3.05) is 13.1 Å². The molecule has 0 spiro atoms. The van der Waals surface area contributed by atoms with E-state index in [1.54, 1.807) is 11.8 Å². The Bertz CT molecular complexity index is 384. The van der Waals surface area contributed by atoms with Gasteiger partial charge < -0.3 is 10.0 Å². The third-order valence-corrected chi connectivity index (χ3v) is 4.82. The van der Waals surface area contributed by atoms with E-state index in [9.17, 15) is 9.59 Å². The van der Waals surface area contributed by atoms with Gasteiger partial charge in [0.05, 0.1) is 0 Å². The molecule has 0 aliphatic carbocycles. The van der Waals surface area contributed by atoms with Crippen LogP contribution in [0.4, 0.5) is 0 Å². The average molecular weight is 267 g/mol. The molecule has 1 N–H and O–H groups in total. The zero-order chi connectivity index (χ0) is 14.6. The van der Waals surface area contributed by atoms with Crippen molar-refractivity contribution in [1.29, 1.82) is 0 Å². The molecule has 0 unspecified atom stereocenters. The Labute approximate surface area is 115 Å². The predicted molar refractivity (Wildman–Crippen MR) is 74.8 cm³/mol. The molecule has 1 aliphatic heterocycles. The van der Waals surface area contributed by atoms with Gasteiger partial charge in [-0.1, -0.05) is 26.7 Å². The second-order valence-electron chi connectivity index (χ2n) is 5.55. The molecule has 4 heteroatoms. The van der Waals surface area contributed by atoms with Gasteiger partial charge in [0, 0.05) is 24.2 Å². The molecule has 0 aromatic carbocycles. The first-order valence-electron chi connectivity index (χ1n) is 7.07. The number of carbonyl (C=O) groups excluding carboxylic acids is 1. The molecular weight excluding hydrogens is 242 g/mol. The summed E-state index contributed by atoms with van der Waals surface area (Å²) >= 11 is 0. The molecule has 1 saturated heterocycles. The lowest BCUT2D eigenvalue weighted by atomic mass is 9.74.